The number of carbonyl (C=O) groups is 2. The number of rotatable bonds is 5. The quantitative estimate of drug-likeness (QED) is 0.611. The van der Waals surface area contributed by atoms with Gasteiger partial charge in [-0.05, 0) is 55.2 Å². The van der Waals surface area contributed by atoms with Crippen LogP contribution in [0.2, 0.25) is 10.0 Å². The van der Waals surface area contributed by atoms with Crippen molar-refractivity contribution < 1.29 is 14.3 Å². The van der Waals surface area contributed by atoms with Gasteiger partial charge in [-0.2, -0.15) is 0 Å². The van der Waals surface area contributed by atoms with Crippen molar-refractivity contribution in [2.24, 2.45) is 22.8 Å². The molecule has 2 aromatic carbocycles. The minimum atomic E-state index is -0.822. The first-order valence-corrected chi connectivity index (χ1v) is 11.4. The van der Waals surface area contributed by atoms with Gasteiger partial charge in [-0.3, -0.25) is 9.59 Å². The molecule has 0 aromatic heterocycles. The van der Waals surface area contributed by atoms with Crippen LogP contribution < -0.4 is 21.5 Å². The predicted octanol–water partition coefficient (Wildman–Crippen LogP) is 3.73. The topological polar surface area (TPSA) is 107 Å². The second kappa shape index (κ2) is 8.25. The Morgan fingerprint density at radius 3 is 2.50 bits per heavy atom. The van der Waals surface area contributed by atoms with Crippen LogP contribution in [0.4, 0.5) is 0 Å². The van der Waals surface area contributed by atoms with Crippen LogP contribution in [0.3, 0.4) is 0 Å². The average molecular weight is 476 g/mol. The van der Waals surface area contributed by atoms with E-state index in [1.54, 1.807) is 12.1 Å². The number of carbonyl (C=O) groups excluding carboxylic acids is 2. The van der Waals surface area contributed by atoms with Gasteiger partial charge in [-0.15, -0.1) is 0 Å². The summed E-state index contributed by atoms with van der Waals surface area (Å²) in [5.41, 5.74) is 12.8. The number of amides is 2. The smallest absolute Gasteiger partial charge is 0.255 e. The van der Waals surface area contributed by atoms with Crippen LogP contribution >= 0.6 is 23.2 Å². The lowest BCUT2D eigenvalue weighted by atomic mass is 9.53. The Hall–Kier alpha value is -2.28. The number of ether oxygens (including phenoxy) is 1. The molecule has 5 N–H and O–H groups in total. The highest BCUT2D eigenvalue weighted by Crippen LogP contribution is 2.60. The van der Waals surface area contributed by atoms with E-state index in [2.05, 4.69) is 5.32 Å². The van der Waals surface area contributed by atoms with E-state index < -0.39 is 16.9 Å². The maximum Gasteiger partial charge on any atom is 0.255 e. The number of fused-ring (bicyclic) bond motifs is 1. The van der Waals surface area contributed by atoms with Gasteiger partial charge in [0, 0.05) is 33.5 Å². The lowest BCUT2D eigenvalue weighted by Gasteiger charge is -2.52. The lowest BCUT2D eigenvalue weighted by Crippen LogP contribution is -2.55. The molecule has 4 rings (SSSR count). The summed E-state index contributed by atoms with van der Waals surface area (Å²) < 4.78 is 5.40. The van der Waals surface area contributed by atoms with Crippen LogP contribution in [0.1, 0.15) is 43.7 Å². The fourth-order valence-corrected chi connectivity index (χ4v) is 6.11. The Balaban J connectivity index is 1.81. The Kier molecular flexibility index (Phi) is 5.90. The van der Waals surface area contributed by atoms with Gasteiger partial charge in [-0.1, -0.05) is 48.3 Å². The molecular weight excluding hydrogens is 449 g/mol. The average Bonchev–Trinajstić information content (AvgIpc) is 2.96. The first-order chi connectivity index (χ1) is 15.1. The van der Waals surface area contributed by atoms with E-state index in [-0.39, 0.29) is 30.4 Å². The molecular formula is C24H27Cl2N3O3. The number of nitrogens with one attached hydrogen (secondary N) is 1. The zero-order chi connectivity index (χ0) is 23.3. The molecule has 1 aliphatic heterocycles. The second-order valence-corrected chi connectivity index (χ2v) is 10.0. The van der Waals surface area contributed by atoms with E-state index in [1.807, 2.05) is 44.2 Å². The summed E-state index contributed by atoms with van der Waals surface area (Å²) in [4.78, 5) is 23.9. The summed E-state index contributed by atoms with van der Waals surface area (Å²) in [7, 11) is 0. The van der Waals surface area contributed by atoms with Crippen molar-refractivity contribution in [1.29, 1.82) is 0 Å². The van der Waals surface area contributed by atoms with E-state index >= 15 is 0 Å². The Morgan fingerprint density at radius 1 is 1.19 bits per heavy atom. The van der Waals surface area contributed by atoms with Crippen molar-refractivity contribution in [1.82, 2.24) is 5.32 Å². The number of benzene rings is 2. The van der Waals surface area contributed by atoms with Crippen molar-refractivity contribution >= 4 is 35.0 Å². The Morgan fingerprint density at radius 2 is 1.88 bits per heavy atom. The number of hydrogen-bond donors (Lipinski definition) is 3. The van der Waals surface area contributed by atoms with E-state index in [1.165, 1.54) is 0 Å². The molecule has 5 atom stereocenters. The van der Waals surface area contributed by atoms with Crippen LogP contribution in [-0.4, -0.2) is 24.5 Å². The maximum absolute atomic E-state index is 12.9. The predicted molar refractivity (Wildman–Crippen MR) is 125 cm³/mol. The van der Waals surface area contributed by atoms with Crippen molar-refractivity contribution in [3.05, 3.63) is 63.6 Å². The summed E-state index contributed by atoms with van der Waals surface area (Å²) in [6.45, 7) is 3.83. The van der Waals surface area contributed by atoms with Crippen molar-refractivity contribution in [3.8, 4) is 5.75 Å². The zero-order valence-electron chi connectivity index (χ0n) is 18.0. The van der Waals surface area contributed by atoms with Crippen LogP contribution in [0.15, 0.2) is 42.5 Å². The van der Waals surface area contributed by atoms with Gasteiger partial charge >= 0.3 is 0 Å². The molecule has 0 bridgehead atoms. The molecule has 8 heteroatoms. The van der Waals surface area contributed by atoms with E-state index in [9.17, 15) is 9.59 Å². The molecule has 1 saturated heterocycles. The minimum Gasteiger partial charge on any atom is -0.484 e. The first kappa shape index (κ1) is 22.9. The standard InChI is InChI=1S/C24H27Cl2N3O3/c1-13-20-21(14-3-5-15(25)6-4-14)24(28,10-9-23(20,2)22(31)29-13)17-8-7-16(11-18(17)26)32-12-19(27)30/h3-8,11,13,20-21H,9-10,12,28H2,1-2H3,(H2,27,30)(H,29,31)/t13-,20+,21-,23-,24-/m1/s1. The summed E-state index contributed by atoms with van der Waals surface area (Å²) >= 11 is 12.9. The molecule has 1 saturated carbocycles. The van der Waals surface area contributed by atoms with Gasteiger partial charge in [0.1, 0.15) is 5.75 Å². The third-order valence-electron chi connectivity index (χ3n) is 7.18. The second-order valence-electron chi connectivity index (χ2n) is 9.17. The SMILES string of the molecule is C[C@H]1NC(=O)[C@]2(C)CC[C@@](N)(c3ccc(OCC(N)=O)cc3Cl)[C@H](c3ccc(Cl)cc3)[C@H]12. The highest BCUT2D eigenvalue weighted by molar-refractivity contribution is 6.31. The molecule has 2 aromatic rings. The van der Waals surface area contributed by atoms with Crippen molar-refractivity contribution in [2.75, 3.05) is 6.61 Å². The highest BCUT2D eigenvalue weighted by atomic mass is 35.5. The molecule has 1 aliphatic carbocycles. The minimum absolute atomic E-state index is 0.0308. The molecule has 1 heterocycles. The monoisotopic (exact) mass is 475 g/mol. The highest BCUT2D eigenvalue weighted by Gasteiger charge is 2.61. The molecule has 2 fully saturated rings. The number of hydrogen-bond acceptors (Lipinski definition) is 4. The van der Waals surface area contributed by atoms with Gasteiger partial charge < -0.3 is 21.5 Å². The van der Waals surface area contributed by atoms with Gasteiger partial charge in [0.2, 0.25) is 5.91 Å². The Bertz CT molecular complexity index is 1060. The molecule has 0 spiro atoms. The van der Waals surface area contributed by atoms with Crippen LogP contribution in [0.5, 0.6) is 5.75 Å². The molecule has 32 heavy (non-hydrogen) atoms. The molecule has 0 radical (unpaired) electrons. The summed E-state index contributed by atoms with van der Waals surface area (Å²) in [6.07, 6.45) is 1.22. The zero-order valence-corrected chi connectivity index (χ0v) is 19.5. The summed E-state index contributed by atoms with van der Waals surface area (Å²) in [5, 5.41) is 4.22. The fraction of sp³-hybridized carbons (Fsp3) is 0.417. The summed E-state index contributed by atoms with van der Waals surface area (Å²) in [5.74, 6) is -0.269. The van der Waals surface area contributed by atoms with Gasteiger partial charge in [-0.25, -0.2) is 0 Å². The van der Waals surface area contributed by atoms with Gasteiger partial charge in [0.05, 0.1) is 5.41 Å². The van der Waals surface area contributed by atoms with Gasteiger partial charge in [0.15, 0.2) is 6.61 Å². The lowest BCUT2D eigenvalue weighted by molar-refractivity contribution is -0.130. The van der Waals surface area contributed by atoms with Crippen LogP contribution in [0, 0.1) is 11.3 Å². The molecule has 2 amide bonds. The van der Waals surface area contributed by atoms with Crippen LogP contribution in [-0.2, 0) is 15.1 Å². The molecule has 170 valence electrons. The molecule has 2 aliphatic rings. The van der Waals surface area contributed by atoms with Crippen molar-refractivity contribution in [3.63, 3.8) is 0 Å². The third-order valence-corrected chi connectivity index (χ3v) is 7.74. The first-order valence-electron chi connectivity index (χ1n) is 10.6. The van der Waals surface area contributed by atoms with Crippen LogP contribution in [0.25, 0.3) is 0 Å². The summed E-state index contributed by atoms with van der Waals surface area (Å²) in [6, 6.07) is 12.9. The number of primary amides is 1. The molecule has 6 nitrogen and oxygen atoms in total. The maximum atomic E-state index is 12.9. The number of halogens is 2. The van der Waals surface area contributed by atoms with E-state index in [0.717, 1.165) is 11.1 Å². The number of nitrogens with two attached hydrogens (primary N) is 2. The van der Waals surface area contributed by atoms with E-state index in [4.69, 9.17) is 39.4 Å². The normalized spacial score (nSPS) is 31.7. The molecule has 0 unspecified atom stereocenters. The fourth-order valence-electron chi connectivity index (χ4n) is 5.64. The largest absolute Gasteiger partial charge is 0.484 e. The van der Waals surface area contributed by atoms with Gasteiger partial charge in [0.25, 0.3) is 5.91 Å². The van der Waals surface area contributed by atoms with Crippen molar-refractivity contribution in [2.45, 2.75) is 44.2 Å². The van der Waals surface area contributed by atoms with E-state index in [0.29, 0.717) is 28.6 Å². The third kappa shape index (κ3) is 3.74. The Labute approximate surface area is 197 Å².